The van der Waals surface area contributed by atoms with Gasteiger partial charge in [-0.25, -0.2) is 4.39 Å². The van der Waals surface area contributed by atoms with Gasteiger partial charge in [-0.2, -0.15) is 0 Å². The number of hydrogen-bond acceptors (Lipinski definition) is 2. The Labute approximate surface area is 108 Å². The molecule has 0 aliphatic rings. The van der Waals surface area contributed by atoms with E-state index in [1.165, 1.54) is 6.07 Å². The van der Waals surface area contributed by atoms with Crippen LogP contribution >= 0.6 is 0 Å². The van der Waals surface area contributed by atoms with Crippen LogP contribution in [0.5, 0.6) is 0 Å². The first kappa shape index (κ1) is 14.6. The Balaban J connectivity index is 2.32. The third-order valence-corrected chi connectivity index (χ3v) is 2.89. The quantitative estimate of drug-likeness (QED) is 0.788. The second-order valence-electron chi connectivity index (χ2n) is 4.59. The monoisotopic (exact) mass is 252 g/mol. The highest BCUT2D eigenvalue weighted by atomic mass is 19.1. The number of benzene rings is 1. The molecule has 1 atom stereocenters. The Kier molecular flexibility index (Phi) is 5.78. The molecule has 0 saturated carbocycles. The molecule has 1 aromatic carbocycles. The number of amides is 1. The molecule has 1 N–H and O–H groups in total. The topological polar surface area (TPSA) is 32.3 Å². The molecule has 0 spiro atoms. The zero-order chi connectivity index (χ0) is 13.5. The summed E-state index contributed by atoms with van der Waals surface area (Å²) in [5, 5.41) is 3.22. The highest BCUT2D eigenvalue weighted by Crippen LogP contribution is 2.15. The van der Waals surface area contributed by atoms with Gasteiger partial charge in [-0.1, -0.05) is 18.2 Å². The molecule has 1 aromatic rings. The van der Waals surface area contributed by atoms with Gasteiger partial charge in [0.1, 0.15) is 5.82 Å². The molecule has 0 saturated heterocycles. The van der Waals surface area contributed by atoms with E-state index in [0.29, 0.717) is 18.5 Å². The molecule has 3 nitrogen and oxygen atoms in total. The molecule has 0 aliphatic heterocycles. The van der Waals surface area contributed by atoms with E-state index >= 15 is 0 Å². The lowest BCUT2D eigenvalue weighted by Gasteiger charge is -2.15. The first-order chi connectivity index (χ1) is 8.52. The summed E-state index contributed by atoms with van der Waals surface area (Å²) in [4.78, 5) is 12.9. The molecule has 0 radical (unpaired) electrons. The minimum atomic E-state index is -0.193. The van der Waals surface area contributed by atoms with Crippen LogP contribution in [0, 0.1) is 5.82 Å². The molecule has 4 heteroatoms. The van der Waals surface area contributed by atoms with Crippen molar-refractivity contribution in [2.45, 2.75) is 25.8 Å². The van der Waals surface area contributed by atoms with E-state index in [4.69, 9.17) is 0 Å². The summed E-state index contributed by atoms with van der Waals surface area (Å²) in [7, 11) is 3.50. The smallest absolute Gasteiger partial charge is 0.222 e. The van der Waals surface area contributed by atoms with Crippen LogP contribution in [0.3, 0.4) is 0 Å². The molecular weight excluding hydrogens is 231 g/mol. The van der Waals surface area contributed by atoms with Crippen LogP contribution in [0.25, 0.3) is 0 Å². The molecule has 0 fully saturated rings. The van der Waals surface area contributed by atoms with Crippen molar-refractivity contribution in [3.05, 3.63) is 35.6 Å². The fourth-order valence-electron chi connectivity index (χ4n) is 1.72. The van der Waals surface area contributed by atoms with E-state index in [0.717, 1.165) is 6.42 Å². The Morgan fingerprint density at radius 1 is 1.39 bits per heavy atom. The zero-order valence-corrected chi connectivity index (χ0v) is 11.2. The summed E-state index contributed by atoms with van der Waals surface area (Å²) < 4.78 is 13.5. The Hall–Kier alpha value is -1.42. The maximum atomic E-state index is 13.5. The second-order valence-corrected chi connectivity index (χ2v) is 4.59. The fraction of sp³-hybridized carbons (Fsp3) is 0.500. The van der Waals surface area contributed by atoms with E-state index in [-0.39, 0.29) is 17.8 Å². The van der Waals surface area contributed by atoms with Crippen LogP contribution in [0.15, 0.2) is 24.3 Å². The zero-order valence-electron chi connectivity index (χ0n) is 11.2. The standard InChI is InChI=1S/C14H21FN2O/c1-11(12-7-4-5-8-13(12)15)16-10-6-9-14(18)17(2)3/h4-5,7-8,11,16H,6,9-10H2,1-3H3. The van der Waals surface area contributed by atoms with Crippen LogP contribution in [0.4, 0.5) is 4.39 Å². The normalized spacial score (nSPS) is 12.2. The predicted molar refractivity (Wildman–Crippen MR) is 70.7 cm³/mol. The van der Waals surface area contributed by atoms with E-state index in [1.54, 1.807) is 31.1 Å². The molecule has 0 bridgehead atoms. The summed E-state index contributed by atoms with van der Waals surface area (Å²) in [6.07, 6.45) is 1.28. The van der Waals surface area contributed by atoms with E-state index in [9.17, 15) is 9.18 Å². The molecular formula is C14H21FN2O. The summed E-state index contributed by atoms with van der Waals surface area (Å²) in [5.74, 6) is -0.0720. The van der Waals surface area contributed by atoms with Gasteiger partial charge in [-0.05, 0) is 26.0 Å². The number of hydrogen-bond donors (Lipinski definition) is 1. The average Bonchev–Trinajstić information content (AvgIpc) is 2.34. The third-order valence-electron chi connectivity index (χ3n) is 2.89. The lowest BCUT2D eigenvalue weighted by molar-refractivity contribution is -0.128. The summed E-state index contributed by atoms with van der Waals surface area (Å²) in [6.45, 7) is 2.63. The molecule has 0 aromatic heterocycles. The number of nitrogens with one attached hydrogen (secondary N) is 1. The van der Waals surface area contributed by atoms with E-state index in [2.05, 4.69) is 5.32 Å². The molecule has 0 aliphatic carbocycles. The van der Waals surface area contributed by atoms with Crippen molar-refractivity contribution in [3.63, 3.8) is 0 Å². The summed E-state index contributed by atoms with van der Waals surface area (Å²) in [6, 6.07) is 6.70. The second kappa shape index (κ2) is 7.11. The number of carbonyl (C=O) groups is 1. The highest BCUT2D eigenvalue weighted by Gasteiger charge is 2.09. The molecule has 18 heavy (non-hydrogen) atoms. The van der Waals surface area contributed by atoms with Crippen molar-refractivity contribution in [3.8, 4) is 0 Å². The minimum Gasteiger partial charge on any atom is -0.349 e. The van der Waals surface area contributed by atoms with Crippen LogP contribution in [0.1, 0.15) is 31.4 Å². The fourth-order valence-corrected chi connectivity index (χ4v) is 1.72. The van der Waals surface area contributed by atoms with Crippen molar-refractivity contribution >= 4 is 5.91 Å². The van der Waals surface area contributed by atoms with Crippen molar-refractivity contribution in [2.75, 3.05) is 20.6 Å². The Morgan fingerprint density at radius 3 is 2.67 bits per heavy atom. The maximum absolute atomic E-state index is 13.5. The number of halogens is 1. The van der Waals surface area contributed by atoms with Crippen LogP contribution in [-0.2, 0) is 4.79 Å². The lowest BCUT2D eigenvalue weighted by atomic mass is 10.1. The highest BCUT2D eigenvalue weighted by molar-refractivity contribution is 5.75. The van der Waals surface area contributed by atoms with Crippen molar-refractivity contribution < 1.29 is 9.18 Å². The van der Waals surface area contributed by atoms with Gasteiger partial charge in [0.05, 0.1) is 0 Å². The van der Waals surface area contributed by atoms with Gasteiger partial charge in [-0.15, -0.1) is 0 Å². The van der Waals surface area contributed by atoms with E-state index in [1.807, 2.05) is 13.0 Å². The summed E-state index contributed by atoms with van der Waals surface area (Å²) >= 11 is 0. The van der Waals surface area contributed by atoms with Gasteiger partial charge in [0.25, 0.3) is 0 Å². The number of nitrogens with zero attached hydrogens (tertiary/aromatic N) is 1. The SMILES string of the molecule is CC(NCCCC(=O)N(C)C)c1ccccc1F. The molecule has 100 valence electrons. The van der Waals surface area contributed by atoms with Gasteiger partial charge in [0.2, 0.25) is 5.91 Å². The van der Waals surface area contributed by atoms with E-state index < -0.39 is 0 Å². The Morgan fingerprint density at radius 2 is 2.06 bits per heavy atom. The maximum Gasteiger partial charge on any atom is 0.222 e. The largest absolute Gasteiger partial charge is 0.349 e. The molecule has 1 unspecified atom stereocenters. The first-order valence-corrected chi connectivity index (χ1v) is 6.20. The molecule has 1 amide bonds. The number of carbonyl (C=O) groups excluding carboxylic acids is 1. The summed E-state index contributed by atoms with van der Waals surface area (Å²) in [5.41, 5.74) is 0.663. The van der Waals surface area contributed by atoms with Crippen molar-refractivity contribution in [1.29, 1.82) is 0 Å². The van der Waals surface area contributed by atoms with Gasteiger partial charge in [-0.3, -0.25) is 4.79 Å². The van der Waals surface area contributed by atoms with Crippen LogP contribution in [0.2, 0.25) is 0 Å². The molecule has 1 rings (SSSR count). The Bertz CT molecular complexity index is 393. The molecule has 0 heterocycles. The van der Waals surface area contributed by atoms with Crippen LogP contribution < -0.4 is 5.32 Å². The third kappa shape index (κ3) is 4.45. The van der Waals surface area contributed by atoms with Crippen molar-refractivity contribution in [1.82, 2.24) is 10.2 Å². The van der Waals surface area contributed by atoms with Crippen molar-refractivity contribution in [2.24, 2.45) is 0 Å². The van der Waals surface area contributed by atoms with Gasteiger partial charge >= 0.3 is 0 Å². The van der Waals surface area contributed by atoms with Crippen LogP contribution in [-0.4, -0.2) is 31.4 Å². The van der Waals surface area contributed by atoms with Gasteiger partial charge in [0.15, 0.2) is 0 Å². The predicted octanol–water partition coefficient (Wildman–Crippen LogP) is 2.34. The first-order valence-electron chi connectivity index (χ1n) is 6.20. The number of rotatable bonds is 6. The lowest BCUT2D eigenvalue weighted by Crippen LogP contribution is -2.25. The van der Waals surface area contributed by atoms with Gasteiger partial charge < -0.3 is 10.2 Å². The minimum absolute atomic E-state index is 0.0411. The van der Waals surface area contributed by atoms with Gasteiger partial charge in [0, 0.05) is 32.1 Å². The average molecular weight is 252 g/mol.